The minimum atomic E-state index is -0.471. The number of aryl methyl sites for hydroxylation is 1. The second kappa shape index (κ2) is 7.19. The molecule has 0 aliphatic carbocycles. The molecule has 0 bridgehead atoms. The maximum Gasteiger partial charge on any atom is 0.322 e. The molecule has 1 atom stereocenters. The van der Waals surface area contributed by atoms with Gasteiger partial charge >= 0.3 is 6.03 Å². The predicted molar refractivity (Wildman–Crippen MR) is 98.6 cm³/mol. The monoisotopic (exact) mass is 366 g/mol. The Bertz CT molecular complexity index is 972. The van der Waals surface area contributed by atoms with Crippen LogP contribution in [0.3, 0.4) is 0 Å². The van der Waals surface area contributed by atoms with Crippen LogP contribution >= 0.6 is 0 Å². The molecule has 1 aromatic heterocycles. The van der Waals surface area contributed by atoms with Crippen molar-refractivity contribution in [2.45, 2.75) is 25.8 Å². The van der Waals surface area contributed by atoms with Crippen LogP contribution in [0.5, 0.6) is 0 Å². The van der Waals surface area contributed by atoms with Crippen LogP contribution in [0, 0.1) is 12.7 Å². The molecule has 1 aliphatic rings. The highest BCUT2D eigenvalue weighted by atomic mass is 19.1. The highest BCUT2D eigenvalue weighted by molar-refractivity contribution is 5.89. The number of nitrogens with one attached hydrogen (secondary N) is 1. The summed E-state index contributed by atoms with van der Waals surface area (Å²) in [6.45, 7) is 2.53. The van der Waals surface area contributed by atoms with E-state index in [0.29, 0.717) is 18.3 Å². The third-order valence-electron chi connectivity index (χ3n) is 4.74. The van der Waals surface area contributed by atoms with E-state index in [1.807, 2.05) is 31.2 Å². The summed E-state index contributed by atoms with van der Waals surface area (Å²) in [6.07, 6.45) is 1.54. The molecule has 4 rings (SSSR count). The van der Waals surface area contributed by atoms with E-state index >= 15 is 0 Å². The lowest BCUT2D eigenvalue weighted by Gasteiger charge is -2.22. The third kappa shape index (κ3) is 3.40. The van der Waals surface area contributed by atoms with Crippen molar-refractivity contribution >= 4 is 11.7 Å². The molecule has 6 nitrogen and oxygen atoms in total. The number of para-hydroxylation sites is 1. The van der Waals surface area contributed by atoms with Crippen LogP contribution in [-0.2, 0) is 0 Å². The van der Waals surface area contributed by atoms with Gasteiger partial charge in [0.1, 0.15) is 11.9 Å². The summed E-state index contributed by atoms with van der Waals surface area (Å²) >= 11 is 0. The summed E-state index contributed by atoms with van der Waals surface area (Å²) in [4.78, 5) is 18.8. The van der Waals surface area contributed by atoms with Crippen molar-refractivity contribution in [1.29, 1.82) is 0 Å². The number of amides is 2. The van der Waals surface area contributed by atoms with E-state index in [-0.39, 0.29) is 17.8 Å². The highest BCUT2D eigenvalue weighted by Crippen LogP contribution is 2.33. The van der Waals surface area contributed by atoms with Gasteiger partial charge in [-0.15, -0.1) is 0 Å². The maximum absolute atomic E-state index is 13.8. The van der Waals surface area contributed by atoms with E-state index in [1.165, 1.54) is 12.1 Å². The van der Waals surface area contributed by atoms with Crippen LogP contribution in [0.15, 0.2) is 53.1 Å². The molecule has 3 aromatic rings. The van der Waals surface area contributed by atoms with Gasteiger partial charge in [0.2, 0.25) is 11.7 Å². The fraction of sp³-hybridized carbons (Fsp3) is 0.250. The lowest BCUT2D eigenvalue weighted by Crippen LogP contribution is -2.34. The number of carbonyl (C=O) groups is 1. The molecule has 0 spiro atoms. The van der Waals surface area contributed by atoms with Crippen molar-refractivity contribution in [3.63, 3.8) is 0 Å². The molecular weight excluding hydrogens is 347 g/mol. The summed E-state index contributed by atoms with van der Waals surface area (Å²) in [5.74, 6) is 0.431. The largest absolute Gasteiger partial charge is 0.337 e. The van der Waals surface area contributed by atoms with E-state index in [2.05, 4.69) is 15.5 Å². The van der Waals surface area contributed by atoms with Gasteiger partial charge in [0.05, 0.1) is 5.69 Å². The van der Waals surface area contributed by atoms with Crippen molar-refractivity contribution in [3.05, 3.63) is 65.8 Å². The molecule has 1 saturated heterocycles. The molecule has 1 N–H and O–H groups in total. The van der Waals surface area contributed by atoms with Gasteiger partial charge in [-0.3, -0.25) is 0 Å². The molecule has 7 heteroatoms. The quantitative estimate of drug-likeness (QED) is 0.738. The van der Waals surface area contributed by atoms with Crippen molar-refractivity contribution in [1.82, 2.24) is 15.0 Å². The van der Waals surface area contributed by atoms with E-state index in [9.17, 15) is 9.18 Å². The van der Waals surface area contributed by atoms with Crippen molar-refractivity contribution in [3.8, 4) is 11.4 Å². The van der Waals surface area contributed by atoms with Gasteiger partial charge in [0.25, 0.3) is 0 Å². The number of halogens is 1. The Morgan fingerprint density at radius 1 is 1.22 bits per heavy atom. The van der Waals surface area contributed by atoms with E-state index < -0.39 is 5.82 Å². The first-order valence-electron chi connectivity index (χ1n) is 8.85. The Kier molecular flexibility index (Phi) is 4.58. The van der Waals surface area contributed by atoms with Crippen LogP contribution in [0.4, 0.5) is 14.9 Å². The van der Waals surface area contributed by atoms with Gasteiger partial charge in [-0.25, -0.2) is 9.18 Å². The van der Waals surface area contributed by atoms with Crippen molar-refractivity contribution in [2.75, 3.05) is 11.9 Å². The standard InChI is InChI=1S/C20H19FN4O2/c1-13-7-2-3-8-14(13)18-23-19(27-24-18)17-11-6-12-25(17)20(26)22-16-10-5-4-9-15(16)21/h2-5,7-10,17H,6,11-12H2,1H3,(H,22,26). The van der Waals surface area contributed by atoms with E-state index in [1.54, 1.807) is 17.0 Å². The first-order valence-corrected chi connectivity index (χ1v) is 8.85. The summed E-state index contributed by atoms with van der Waals surface area (Å²) in [7, 11) is 0. The number of rotatable bonds is 3. The summed E-state index contributed by atoms with van der Waals surface area (Å²) in [6, 6.07) is 13.2. The number of hydrogen-bond acceptors (Lipinski definition) is 4. The smallest absolute Gasteiger partial charge is 0.322 e. The first kappa shape index (κ1) is 17.2. The lowest BCUT2D eigenvalue weighted by atomic mass is 10.1. The minimum absolute atomic E-state index is 0.152. The van der Waals surface area contributed by atoms with Crippen molar-refractivity contribution < 1.29 is 13.7 Å². The average Bonchev–Trinajstić information content (AvgIpc) is 3.33. The molecule has 2 aromatic carbocycles. The number of urea groups is 1. The van der Waals surface area contributed by atoms with Crippen molar-refractivity contribution in [2.24, 2.45) is 0 Å². The van der Waals surface area contributed by atoms with Gasteiger partial charge < -0.3 is 14.7 Å². The predicted octanol–water partition coefficient (Wildman–Crippen LogP) is 4.55. The second-order valence-electron chi connectivity index (χ2n) is 6.53. The van der Waals surface area contributed by atoms with Crippen LogP contribution in [0.1, 0.15) is 30.3 Å². The van der Waals surface area contributed by atoms with E-state index in [0.717, 1.165) is 24.0 Å². The summed E-state index contributed by atoms with van der Waals surface area (Å²) in [5.41, 5.74) is 2.09. The Balaban J connectivity index is 1.54. The molecule has 1 aliphatic heterocycles. The molecule has 1 fully saturated rings. The van der Waals surface area contributed by atoms with Gasteiger partial charge in [0.15, 0.2) is 0 Å². The Labute approximate surface area is 156 Å². The van der Waals surface area contributed by atoms with E-state index in [4.69, 9.17) is 4.52 Å². The van der Waals surface area contributed by atoms with Gasteiger partial charge in [-0.2, -0.15) is 4.98 Å². The maximum atomic E-state index is 13.8. The fourth-order valence-electron chi connectivity index (χ4n) is 3.32. The normalized spacial score (nSPS) is 16.5. The van der Waals surface area contributed by atoms with Crippen LogP contribution in [0.2, 0.25) is 0 Å². The van der Waals surface area contributed by atoms with Crippen LogP contribution in [-0.4, -0.2) is 27.6 Å². The number of aromatic nitrogens is 2. The molecular formula is C20H19FN4O2. The Morgan fingerprint density at radius 3 is 2.81 bits per heavy atom. The molecule has 1 unspecified atom stereocenters. The number of carbonyl (C=O) groups excluding carboxylic acids is 1. The number of hydrogen-bond donors (Lipinski definition) is 1. The molecule has 2 heterocycles. The zero-order valence-corrected chi connectivity index (χ0v) is 14.9. The summed E-state index contributed by atoms with van der Waals surface area (Å²) < 4.78 is 19.3. The number of nitrogens with zero attached hydrogens (tertiary/aromatic N) is 3. The molecule has 0 radical (unpaired) electrons. The highest BCUT2D eigenvalue weighted by Gasteiger charge is 2.34. The topological polar surface area (TPSA) is 71.3 Å². The van der Waals surface area contributed by atoms with Gasteiger partial charge in [-0.05, 0) is 37.5 Å². The summed E-state index contributed by atoms with van der Waals surface area (Å²) in [5, 5.41) is 6.70. The SMILES string of the molecule is Cc1ccccc1-c1noc(C2CCCN2C(=O)Nc2ccccc2F)n1. The minimum Gasteiger partial charge on any atom is -0.337 e. The van der Waals surface area contributed by atoms with Gasteiger partial charge in [0, 0.05) is 12.1 Å². The number of likely N-dealkylation sites (tertiary alicyclic amines) is 1. The average molecular weight is 366 g/mol. The number of benzene rings is 2. The molecule has 2 amide bonds. The van der Waals surface area contributed by atoms with Crippen LogP contribution in [0.25, 0.3) is 11.4 Å². The lowest BCUT2D eigenvalue weighted by molar-refractivity contribution is 0.193. The molecule has 0 saturated carbocycles. The fourth-order valence-corrected chi connectivity index (χ4v) is 3.32. The Hall–Kier alpha value is -3.22. The number of anilines is 1. The zero-order valence-electron chi connectivity index (χ0n) is 14.9. The second-order valence-corrected chi connectivity index (χ2v) is 6.53. The molecule has 138 valence electrons. The molecule has 27 heavy (non-hydrogen) atoms. The van der Waals surface area contributed by atoms with Gasteiger partial charge in [-0.1, -0.05) is 41.6 Å². The van der Waals surface area contributed by atoms with Crippen LogP contribution < -0.4 is 5.32 Å². The Morgan fingerprint density at radius 2 is 2.00 bits per heavy atom. The third-order valence-corrected chi connectivity index (χ3v) is 4.74. The first-order chi connectivity index (χ1) is 13.1. The zero-order chi connectivity index (χ0) is 18.8.